The molecule has 0 spiro atoms. The lowest BCUT2D eigenvalue weighted by molar-refractivity contribution is -0.126. The number of carbonyl (C=O) groups is 1. The van der Waals surface area contributed by atoms with E-state index in [2.05, 4.69) is 10.0 Å². The Hall–Kier alpha value is -1.49. The lowest BCUT2D eigenvalue weighted by Crippen LogP contribution is -2.45. The summed E-state index contributed by atoms with van der Waals surface area (Å²) in [6.45, 7) is 6.39. The quantitative estimate of drug-likeness (QED) is 0.552. The topological polar surface area (TPSA) is 113 Å². The summed E-state index contributed by atoms with van der Waals surface area (Å²) in [5.41, 5.74) is 1.52. The first kappa shape index (κ1) is 24.8. The molecular weight excluding hydrogens is 426 g/mol. The Morgan fingerprint density at radius 3 is 2.37 bits per heavy atom. The van der Waals surface area contributed by atoms with Gasteiger partial charge in [0.1, 0.15) is 0 Å². The monoisotopic (exact) mass is 459 g/mol. The van der Waals surface area contributed by atoms with Crippen molar-refractivity contribution in [1.29, 1.82) is 0 Å². The van der Waals surface area contributed by atoms with Crippen molar-refractivity contribution < 1.29 is 21.6 Å². The van der Waals surface area contributed by atoms with Crippen molar-refractivity contribution >= 4 is 26.0 Å². The van der Waals surface area contributed by atoms with Gasteiger partial charge in [-0.25, -0.2) is 25.9 Å². The van der Waals surface area contributed by atoms with Gasteiger partial charge in [0.2, 0.25) is 26.0 Å². The van der Waals surface area contributed by atoms with Crippen molar-refractivity contribution in [2.45, 2.75) is 58.4 Å². The first-order valence-corrected chi connectivity index (χ1v) is 13.6. The number of nitrogens with zero attached hydrogens (tertiary/aromatic N) is 1. The molecule has 0 saturated carbocycles. The number of piperidine rings is 1. The van der Waals surface area contributed by atoms with Crippen LogP contribution in [0.25, 0.3) is 0 Å². The maximum Gasteiger partial charge on any atom is 0.224 e. The molecule has 1 unspecified atom stereocenters. The molecule has 1 amide bonds. The van der Waals surface area contributed by atoms with Crippen molar-refractivity contribution in [1.82, 2.24) is 14.3 Å². The lowest BCUT2D eigenvalue weighted by Gasteiger charge is -2.31. The summed E-state index contributed by atoms with van der Waals surface area (Å²) in [4.78, 5) is 12.5. The number of benzene rings is 1. The van der Waals surface area contributed by atoms with Crippen LogP contribution < -0.4 is 10.0 Å². The number of sulfonamides is 2. The van der Waals surface area contributed by atoms with Crippen LogP contribution in [0.1, 0.15) is 51.2 Å². The summed E-state index contributed by atoms with van der Waals surface area (Å²) in [6.07, 6.45) is 1.90. The van der Waals surface area contributed by atoms with E-state index in [1.807, 2.05) is 6.92 Å². The largest absolute Gasteiger partial charge is 0.352 e. The maximum atomic E-state index is 12.5. The molecule has 0 aromatic heterocycles. The molecule has 1 aromatic rings. The number of nitrogens with one attached hydrogen (secondary N) is 2. The molecule has 1 aliphatic rings. The van der Waals surface area contributed by atoms with Crippen LogP contribution in [0.2, 0.25) is 0 Å². The van der Waals surface area contributed by atoms with Crippen LogP contribution in [0.4, 0.5) is 0 Å². The molecule has 1 fully saturated rings. The van der Waals surface area contributed by atoms with Gasteiger partial charge in [0.25, 0.3) is 0 Å². The van der Waals surface area contributed by atoms with Crippen molar-refractivity contribution in [2.24, 2.45) is 5.92 Å². The molecule has 1 saturated heterocycles. The molecule has 2 N–H and O–H groups in total. The zero-order valence-electron chi connectivity index (χ0n) is 17.9. The van der Waals surface area contributed by atoms with Crippen LogP contribution in [0.15, 0.2) is 24.3 Å². The van der Waals surface area contributed by atoms with Crippen LogP contribution in [0.5, 0.6) is 0 Å². The van der Waals surface area contributed by atoms with E-state index in [9.17, 15) is 21.6 Å². The van der Waals surface area contributed by atoms with E-state index in [1.165, 1.54) is 4.31 Å². The van der Waals surface area contributed by atoms with E-state index in [4.69, 9.17) is 0 Å². The van der Waals surface area contributed by atoms with Gasteiger partial charge in [0, 0.05) is 25.7 Å². The number of hydrogen-bond donors (Lipinski definition) is 2. The van der Waals surface area contributed by atoms with Crippen molar-refractivity contribution in [2.75, 3.05) is 18.8 Å². The van der Waals surface area contributed by atoms with Crippen molar-refractivity contribution in [3.05, 3.63) is 35.4 Å². The molecule has 1 atom stereocenters. The Bertz CT molecular complexity index is 912. The van der Waals surface area contributed by atoms with E-state index < -0.39 is 20.0 Å². The predicted molar refractivity (Wildman–Crippen MR) is 118 cm³/mol. The summed E-state index contributed by atoms with van der Waals surface area (Å²) in [5, 5.41) is 2.88. The minimum atomic E-state index is -3.38. The fourth-order valence-electron chi connectivity index (χ4n) is 3.50. The zero-order valence-corrected chi connectivity index (χ0v) is 19.6. The van der Waals surface area contributed by atoms with Gasteiger partial charge in [-0.15, -0.1) is 0 Å². The summed E-state index contributed by atoms with van der Waals surface area (Å²) in [7, 11) is -6.68. The van der Waals surface area contributed by atoms with E-state index in [0.29, 0.717) is 37.9 Å². The van der Waals surface area contributed by atoms with E-state index >= 15 is 0 Å². The third-order valence-corrected chi connectivity index (χ3v) is 8.46. The second-order valence-electron chi connectivity index (χ2n) is 8.08. The van der Waals surface area contributed by atoms with E-state index in [0.717, 1.165) is 5.56 Å². The molecular formula is C20H33N3O5S2. The average Bonchev–Trinajstić information content (AvgIpc) is 2.66. The molecule has 170 valence electrons. The molecule has 30 heavy (non-hydrogen) atoms. The van der Waals surface area contributed by atoms with Crippen LogP contribution in [0, 0.1) is 5.92 Å². The minimum absolute atomic E-state index is 0.0953. The highest BCUT2D eigenvalue weighted by atomic mass is 32.2. The zero-order chi connectivity index (χ0) is 22.4. The molecule has 1 aromatic carbocycles. The fourth-order valence-corrected chi connectivity index (χ4v) is 6.52. The molecule has 10 heteroatoms. The van der Waals surface area contributed by atoms with Gasteiger partial charge in [-0.3, -0.25) is 4.79 Å². The Balaban J connectivity index is 1.88. The minimum Gasteiger partial charge on any atom is -0.352 e. The highest BCUT2D eigenvalue weighted by Crippen LogP contribution is 2.20. The van der Waals surface area contributed by atoms with Crippen molar-refractivity contribution in [3.63, 3.8) is 0 Å². The Kier molecular flexibility index (Phi) is 8.84. The molecule has 0 bridgehead atoms. The van der Waals surface area contributed by atoms with E-state index in [1.54, 1.807) is 38.1 Å². The molecule has 8 nitrogen and oxygen atoms in total. The van der Waals surface area contributed by atoms with Gasteiger partial charge in [-0.05, 0) is 44.2 Å². The van der Waals surface area contributed by atoms with E-state index in [-0.39, 0.29) is 35.9 Å². The molecule has 0 radical (unpaired) electrons. The van der Waals surface area contributed by atoms with Gasteiger partial charge in [0.15, 0.2) is 0 Å². The van der Waals surface area contributed by atoms with Gasteiger partial charge >= 0.3 is 0 Å². The van der Waals surface area contributed by atoms with Gasteiger partial charge in [-0.1, -0.05) is 31.2 Å². The Morgan fingerprint density at radius 1 is 1.13 bits per heavy atom. The molecule has 1 heterocycles. The third-order valence-electron chi connectivity index (χ3n) is 4.87. The summed E-state index contributed by atoms with van der Waals surface area (Å²) >= 11 is 0. The van der Waals surface area contributed by atoms with Crippen LogP contribution in [-0.4, -0.2) is 51.9 Å². The smallest absolute Gasteiger partial charge is 0.224 e. The third kappa shape index (κ3) is 7.64. The van der Waals surface area contributed by atoms with Crippen LogP contribution in [0.3, 0.4) is 0 Å². The van der Waals surface area contributed by atoms with Crippen molar-refractivity contribution in [3.8, 4) is 0 Å². The first-order valence-electron chi connectivity index (χ1n) is 10.4. The summed E-state index contributed by atoms with van der Waals surface area (Å²) < 4.78 is 52.5. The van der Waals surface area contributed by atoms with Crippen LogP contribution >= 0.6 is 0 Å². The Morgan fingerprint density at radius 2 is 1.77 bits per heavy atom. The second kappa shape index (κ2) is 10.7. The highest BCUT2D eigenvalue weighted by Gasteiger charge is 2.31. The number of hydrogen-bond acceptors (Lipinski definition) is 5. The number of carbonyl (C=O) groups excluding carboxylic acids is 1. The molecule has 1 aliphatic heterocycles. The predicted octanol–water partition coefficient (Wildman–Crippen LogP) is 1.58. The number of amides is 1. The summed E-state index contributed by atoms with van der Waals surface area (Å²) in [5.74, 6) is -0.492. The van der Waals surface area contributed by atoms with Gasteiger partial charge in [-0.2, -0.15) is 0 Å². The van der Waals surface area contributed by atoms with Gasteiger partial charge < -0.3 is 5.32 Å². The summed E-state index contributed by atoms with van der Waals surface area (Å²) in [6, 6.07) is 6.90. The standard InChI is InChI=1S/C20H33N3O5S2/c1-4-12-30(27,28)23-11-5-6-19(14-23)20(24)21-13-17-7-9-18(10-8-17)15-29(25,26)22-16(2)3/h7-10,16,19,22H,4-6,11-15H2,1-3H3,(H,21,24). The normalized spacial score (nSPS) is 18.5. The Labute approximate surface area is 180 Å². The molecule has 0 aliphatic carbocycles. The molecule has 2 rings (SSSR count). The average molecular weight is 460 g/mol. The SMILES string of the molecule is CCCS(=O)(=O)N1CCCC(C(=O)NCc2ccc(CS(=O)(=O)NC(C)C)cc2)C1. The van der Waals surface area contributed by atoms with Gasteiger partial charge in [0.05, 0.1) is 17.4 Å². The fraction of sp³-hybridized carbons (Fsp3) is 0.650. The number of rotatable bonds is 10. The maximum absolute atomic E-state index is 12.5. The lowest BCUT2D eigenvalue weighted by atomic mass is 9.98. The highest BCUT2D eigenvalue weighted by molar-refractivity contribution is 7.89. The first-order chi connectivity index (χ1) is 14.0. The second-order valence-corrected chi connectivity index (χ2v) is 11.9. The van der Waals surface area contributed by atoms with Crippen LogP contribution in [-0.2, 0) is 37.1 Å².